The van der Waals surface area contributed by atoms with Gasteiger partial charge < -0.3 is 9.47 Å². The van der Waals surface area contributed by atoms with Gasteiger partial charge in [0.05, 0.1) is 24.7 Å². The minimum atomic E-state index is -0.0840. The molecule has 1 aliphatic carbocycles. The maximum Gasteiger partial charge on any atom is 0.308 e. The smallest absolute Gasteiger partial charge is 0.308 e. The molecule has 0 radical (unpaired) electrons. The van der Waals surface area contributed by atoms with Crippen molar-refractivity contribution in [1.82, 2.24) is 0 Å². The van der Waals surface area contributed by atoms with Gasteiger partial charge in [-0.3, -0.25) is 4.79 Å². The van der Waals surface area contributed by atoms with Crippen LogP contribution < -0.4 is 0 Å². The van der Waals surface area contributed by atoms with E-state index in [2.05, 4.69) is 6.92 Å². The Hall–Kier alpha value is -0.570. The molecular formula is C11H18O3. The van der Waals surface area contributed by atoms with Gasteiger partial charge in [0.1, 0.15) is 0 Å². The molecule has 80 valence electrons. The summed E-state index contributed by atoms with van der Waals surface area (Å²) in [4.78, 5) is 11.3. The van der Waals surface area contributed by atoms with Crippen molar-refractivity contribution in [2.45, 2.75) is 44.8 Å². The van der Waals surface area contributed by atoms with Crippen molar-refractivity contribution in [3.05, 3.63) is 0 Å². The highest BCUT2D eigenvalue weighted by Crippen LogP contribution is 2.50. The molecule has 0 spiro atoms. The molecule has 1 saturated heterocycles. The first-order valence-corrected chi connectivity index (χ1v) is 5.32. The van der Waals surface area contributed by atoms with Gasteiger partial charge in [0.25, 0.3) is 0 Å². The summed E-state index contributed by atoms with van der Waals surface area (Å²) in [7, 11) is 1.46. The third kappa shape index (κ3) is 1.54. The summed E-state index contributed by atoms with van der Waals surface area (Å²) < 4.78 is 10.4. The van der Waals surface area contributed by atoms with Crippen LogP contribution in [0.25, 0.3) is 0 Å². The largest absolute Gasteiger partial charge is 0.469 e. The Labute approximate surface area is 84.8 Å². The SMILES string of the molecule is COC(=O)C(C)[C@H]1CCC2(C)OC2C1. The first-order valence-electron chi connectivity index (χ1n) is 5.32. The van der Waals surface area contributed by atoms with Crippen molar-refractivity contribution in [1.29, 1.82) is 0 Å². The highest BCUT2D eigenvalue weighted by molar-refractivity contribution is 5.72. The molecule has 2 fully saturated rings. The molecule has 1 saturated carbocycles. The van der Waals surface area contributed by atoms with Gasteiger partial charge in [0.15, 0.2) is 0 Å². The summed E-state index contributed by atoms with van der Waals surface area (Å²) in [6, 6.07) is 0. The Morgan fingerprint density at radius 1 is 1.64 bits per heavy atom. The van der Waals surface area contributed by atoms with E-state index in [-0.39, 0.29) is 17.5 Å². The second kappa shape index (κ2) is 3.23. The molecule has 0 aromatic carbocycles. The number of hydrogen-bond acceptors (Lipinski definition) is 3. The summed E-state index contributed by atoms with van der Waals surface area (Å²) in [5.41, 5.74) is 0.145. The number of hydrogen-bond donors (Lipinski definition) is 0. The highest BCUT2D eigenvalue weighted by Gasteiger charge is 2.56. The van der Waals surface area contributed by atoms with Crippen LogP contribution in [-0.2, 0) is 14.3 Å². The van der Waals surface area contributed by atoms with Crippen LogP contribution in [0.5, 0.6) is 0 Å². The summed E-state index contributed by atoms with van der Waals surface area (Å²) in [6.45, 7) is 4.12. The van der Waals surface area contributed by atoms with Crippen molar-refractivity contribution in [3.8, 4) is 0 Å². The Balaban J connectivity index is 1.91. The summed E-state index contributed by atoms with van der Waals surface area (Å²) >= 11 is 0. The van der Waals surface area contributed by atoms with E-state index < -0.39 is 0 Å². The summed E-state index contributed by atoms with van der Waals surface area (Å²) in [6.07, 6.45) is 3.59. The van der Waals surface area contributed by atoms with Crippen LogP contribution in [0.15, 0.2) is 0 Å². The number of carbonyl (C=O) groups excluding carboxylic acids is 1. The van der Waals surface area contributed by atoms with E-state index in [4.69, 9.17) is 9.47 Å². The number of fused-ring (bicyclic) bond motifs is 1. The van der Waals surface area contributed by atoms with Gasteiger partial charge in [-0.2, -0.15) is 0 Å². The number of epoxide rings is 1. The maximum absolute atomic E-state index is 11.3. The van der Waals surface area contributed by atoms with E-state index >= 15 is 0 Å². The standard InChI is InChI=1S/C11H18O3/c1-7(10(12)13-3)8-4-5-11(2)9(6-8)14-11/h7-9H,4-6H2,1-3H3/t7?,8-,9?,11?/m0/s1. The first-order chi connectivity index (χ1) is 6.57. The Morgan fingerprint density at radius 3 is 2.93 bits per heavy atom. The van der Waals surface area contributed by atoms with Crippen LogP contribution in [0.2, 0.25) is 0 Å². The third-order valence-corrected chi connectivity index (χ3v) is 3.84. The van der Waals surface area contributed by atoms with Crippen molar-refractivity contribution in [3.63, 3.8) is 0 Å². The van der Waals surface area contributed by atoms with Crippen LogP contribution in [0.4, 0.5) is 0 Å². The molecular weight excluding hydrogens is 180 g/mol. The molecule has 0 aromatic heterocycles. The quantitative estimate of drug-likeness (QED) is 0.501. The molecule has 0 N–H and O–H groups in total. The van der Waals surface area contributed by atoms with Gasteiger partial charge in [-0.15, -0.1) is 0 Å². The average Bonchev–Trinajstić information content (AvgIpc) is 2.86. The van der Waals surface area contributed by atoms with Crippen LogP contribution in [0.3, 0.4) is 0 Å². The lowest BCUT2D eigenvalue weighted by Gasteiger charge is -2.26. The third-order valence-electron chi connectivity index (χ3n) is 3.84. The lowest BCUT2D eigenvalue weighted by molar-refractivity contribution is -0.147. The van der Waals surface area contributed by atoms with E-state index in [9.17, 15) is 4.79 Å². The predicted octanol–water partition coefficient (Wildman–Crippen LogP) is 1.75. The fourth-order valence-corrected chi connectivity index (χ4v) is 2.51. The Morgan fingerprint density at radius 2 is 2.36 bits per heavy atom. The van der Waals surface area contributed by atoms with E-state index in [1.807, 2.05) is 6.92 Å². The van der Waals surface area contributed by atoms with Crippen LogP contribution in [-0.4, -0.2) is 24.8 Å². The van der Waals surface area contributed by atoms with Gasteiger partial charge in [0, 0.05) is 0 Å². The van der Waals surface area contributed by atoms with Crippen LogP contribution in [0, 0.1) is 11.8 Å². The van der Waals surface area contributed by atoms with Gasteiger partial charge in [0.2, 0.25) is 0 Å². The molecule has 4 atom stereocenters. The zero-order chi connectivity index (χ0) is 10.3. The zero-order valence-electron chi connectivity index (χ0n) is 9.08. The molecule has 0 aromatic rings. The number of rotatable bonds is 2. The molecule has 3 unspecified atom stereocenters. The van der Waals surface area contributed by atoms with E-state index in [0.29, 0.717) is 12.0 Å². The van der Waals surface area contributed by atoms with E-state index in [1.165, 1.54) is 7.11 Å². The van der Waals surface area contributed by atoms with Crippen molar-refractivity contribution < 1.29 is 14.3 Å². The molecule has 3 heteroatoms. The molecule has 3 nitrogen and oxygen atoms in total. The second-order valence-corrected chi connectivity index (χ2v) is 4.77. The first kappa shape index (κ1) is 9.97. The predicted molar refractivity (Wildman–Crippen MR) is 51.8 cm³/mol. The van der Waals surface area contributed by atoms with Crippen molar-refractivity contribution >= 4 is 5.97 Å². The lowest BCUT2D eigenvalue weighted by atomic mass is 9.77. The molecule has 14 heavy (non-hydrogen) atoms. The molecule has 1 aliphatic heterocycles. The molecule has 2 aliphatic rings. The monoisotopic (exact) mass is 198 g/mol. The van der Waals surface area contributed by atoms with Crippen LogP contribution >= 0.6 is 0 Å². The lowest BCUT2D eigenvalue weighted by Crippen LogP contribution is -2.29. The summed E-state index contributed by atoms with van der Waals surface area (Å²) in [5.74, 6) is 0.385. The fourth-order valence-electron chi connectivity index (χ4n) is 2.51. The van der Waals surface area contributed by atoms with E-state index in [1.54, 1.807) is 0 Å². The van der Waals surface area contributed by atoms with E-state index in [0.717, 1.165) is 19.3 Å². The number of esters is 1. The molecule has 1 heterocycles. The average molecular weight is 198 g/mol. The number of carbonyl (C=O) groups is 1. The normalized spacial score (nSPS) is 42.5. The van der Waals surface area contributed by atoms with Gasteiger partial charge in [-0.25, -0.2) is 0 Å². The highest BCUT2D eigenvalue weighted by atomic mass is 16.6. The van der Waals surface area contributed by atoms with Crippen molar-refractivity contribution in [2.24, 2.45) is 11.8 Å². The Kier molecular flexibility index (Phi) is 2.30. The van der Waals surface area contributed by atoms with Gasteiger partial charge in [-0.05, 0) is 32.1 Å². The minimum Gasteiger partial charge on any atom is -0.469 e. The fraction of sp³-hybridized carbons (Fsp3) is 0.909. The minimum absolute atomic E-state index is 0.0220. The number of ether oxygens (including phenoxy) is 2. The second-order valence-electron chi connectivity index (χ2n) is 4.77. The maximum atomic E-state index is 11.3. The zero-order valence-corrected chi connectivity index (χ0v) is 9.08. The van der Waals surface area contributed by atoms with Crippen molar-refractivity contribution in [2.75, 3.05) is 7.11 Å². The topological polar surface area (TPSA) is 38.8 Å². The van der Waals surface area contributed by atoms with Crippen LogP contribution in [0.1, 0.15) is 33.1 Å². The Bertz CT molecular complexity index is 251. The molecule has 0 bridgehead atoms. The number of methoxy groups -OCH3 is 1. The molecule has 0 amide bonds. The summed E-state index contributed by atoms with van der Waals surface area (Å²) in [5, 5.41) is 0. The van der Waals surface area contributed by atoms with Gasteiger partial charge in [-0.1, -0.05) is 6.92 Å². The molecule has 2 rings (SSSR count). The van der Waals surface area contributed by atoms with Gasteiger partial charge >= 0.3 is 5.97 Å².